The molecule has 1 heterocycles. The Morgan fingerprint density at radius 3 is 2.71 bits per heavy atom. The number of carbonyl (C=O) groups excluding carboxylic acids is 1. The fraction of sp³-hybridized carbons (Fsp3) is 0.471. The van der Waals surface area contributed by atoms with Gasteiger partial charge in [0, 0.05) is 13.0 Å². The minimum atomic E-state index is -0.523. The van der Waals surface area contributed by atoms with Crippen LogP contribution in [0.1, 0.15) is 50.5 Å². The molecular weight excluding hydrogens is 308 g/mol. The van der Waals surface area contributed by atoms with Crippen LogP contribution < -0.4 is 11.1 Å². The SMILES string of the molecule is CC(C)(C)OC(=O)NCC[C@H](N)c1nc(Cc2ccccc2)no1. The summed E-state index contributed by atoms with van der Waals surface area (Å²) < 4.78 is 10.4. The largest absolute Gasteiger partial charge is 0.444 e. The first-order valence-electron chi connectivity index (χ1n) is 7.92. The van der Waals surface area contributed by atoms with E-state index in [-0.39, 0.29) is 0 Å². The molecule has 3 N–H and O–H groups in total. The van der Waals surface area contributed by atoms with Gasteiger partial charge < -0.3 is 20.3 Å². The normalized spacial score (nSPS) is 12.7. The second-order valence-corrected chi connectivity index (χ2v) is 6.54. The first-order valence-corrected chi connectivity index (χ1v) is 7.92. The standard InChI is InChI=1S/C17H24N4O3/c1-17(2,3)23-16(22)19-10-9-13(18)15-20-14(21-24-15)11-12-7-5-4-6-8-12/h4-8,13H,9-11,18H2,1-3H3,(H,19,22)/t13-/m0/s1. The molecule has 0 bridgehead atoms. The van der Waals surface area contributed by atoms with Crippen molar-refractivity contribution in [1.29, 1.82) is 0 Å². The summed E-state index contributed by atoms with van der Waals surface area (Å²) in [6.45, 7) is 5.80. The summed E-state index contributed by atoms with van der Waals surface area (Å²) in [4.78, 5) is 15.9. The third-order valence-electron chi connectivity index (χ3n) is 3.13. The van der Waals surface area contributed by atoms with E-state index in [4.69, 9.17) is 15.0 Å². The molecule has 7 nitrogen and oxygen atoms in total. The van der Waals surface area contributed by atoms with E-state index in [1.54, 1.807) is 0 Å². The van der Waals surface area contributed by atoms with Gasteiger partial charge in [0.05, 0.1) is 6.04 Å². The molecule has 0 saturated carbocycles. The predicted molar refractivity (Wildman–Crippen MR) is 89.3 cm³/mol. The summed E-state index contributed by atoms with van der Waals surface area (Å²) in [5, 5.41) is 6.60. The number of aromatic nitrogens is 2. The number of nitrogens with one attached hydrogen (secondary N) is 1. The van der Waals surface area contributed by atoms with Gasteiger partial charge >= 0.3 is 6.09 Å². The van der Waals surface area contributed by atoms with Gasteiger partial charge in [-0.2, -0.15) is 4.98 Å². The predicted octanol–water partition coefficient (Wildman–Crippen LogP) is 2.58. The molecule has 0 spiro atoms. The van der Waals surface area contributed by atoms with Crippen molar-refractivity contribution in [2.24, 2.45) is 5.73 Å². The molecule has 1 aromatic carbocycles. The van der Waals surface area contributed by atoms with E-state index >= 15 is 0 Å². The zero-order valence-corrected chi connectivity index (χ0v) is 14.3. The highest BCUT2D eigenvalue weighted by molar-refractivity contribution is 5.67. The van der Waals surface area contributed by atoms with Crippen LogP contribution in [0.15, 0.2) is 34.9 Å². The summed E-state index contributed by atoms with van der Waals surface area (Å²) in [6.07, 6.45) is 0.601. The van der Waals surface area contributed by atoms with E-state index in [0.29, 0.717) is 31.1 Å². The average molecular weight is 332 g/mol. The van der Waals surface area contributed by atoms with Crippen molar-refractivity contribution in [3.63, 3.8) is 0 Å². The summed E-state index contributed by atoms with van der Waals surface area (Å²) in [5.74, 6) is 0.957. The smallest absolute Gasteiger partial charge is 0.407 e. The third-order valence-corrected chi connectivity index (χ3v) is 3.13. The molecule has 130 valence electrons. The third kappa shape index (κ3) is 6.00. The number of amides is 1. The van der Waals surface area contributed by atoms with Crippen molar-refractivity contribution in [2.45, 2.75) is 45.3 Å². The molecule has 0 aliphatic carbocycles. The van der Waals surface area contributed by atoms with E-state index in [9.17, 15) is 4.79 Å². The van der Waals surface area contributed by atoms with Gasteiger partial charge in [-0.15, -0.1) is 0 Å². The van der Waals surface area contributed by atoms with E-state index in [1.165, 1.54) is 0 Å². The van der Waals surface area contributed by atoms with Crippen molar-refractivity contribution in [1.82, 2.24) is 15.5 Å². The van der Waals surface area contributed by atoms with E-state index in [2.05, 4.69) is 15.5 Å². The Labute approximate surface area is 141 Å². The maximum Gasteiger partial charge on any atom is 0.407 e. The molecule has 1 amide bonds. The van der Waals surface area contributed by atoms with Crippen LogP contribution in [0, 0.1) is 0 Å². The Balaban J connectivity index is 1.79. The number of hydrogen-bond acceptors (Lipinski definition) is 6. The number of benzene rings is 1. The number of hydrogen-bond donors (Lipinski definition) is 2. The van der Waals surface area contributed by atoms with Crippen LogP contribution >= 0.6 is 0 Å². The molecule has 7 heteroatoms. The monoisotopic (exact) mass is 332 g/mol. The topological polar surface area (TPSA) is 103 Å². The molecule has 0 radical (unpaired) electrons. The van der Waals surface area contributed by atoms with Gasteiger partial charge in [0.2, 0.25) is 5.89 Å². The number of ether oxygens (including phenoxy) is 1. The first kappa shape index (κ1) is 17.9. The molecule has 24 heavy (non-hydrogen) atoms. The highest BCUT2D eigenvalue weighted by atomic mass is 16.6. The molecule has 0 unspecified atom stereocenters. The zero-order valence-electron chi connectivity index (χ0n) is 14.3. The molecule has 0 fully saturated rings. The summed E-state index contributed by atoms with van der Waals surface area (Å²) >= 11 is 0. The van der Waals surface area contributed by atoms with Crippen LogP contribution in [0.25, 0.3) is 0 Å². The van der Waals surface area contributed by atoms with E-state index in [0.717, 1.165) is 5.56 Å². The average Bonchev–Trinajstić information content (AvgIpc) is 2.95. The lowest BCUT2D eigenvalue weighted by molar-refractivity contribution is 0.0526. The molecule has 0 aliphatic rings. The second-order valence-electron chi connectivity index (χ2n) is 6.54. The lowest BCUT2D eigenvalue weighted by atomic mass is 10.1. The molecule has 1 atom stereocenters. The van der Waals surface area contributed by atoms with Crippen molar-refractivity contribution >= 4 is 6.09 Å². The van der Waals surface area contributed by atoms with Crippen LogP contribution in [-0.4, -0.2) is 28.4 Å². The lowest BCUT2D eigenvalue weighted by Crippen LogP contribution is -2.34. The number of rotatable bonds is 6. The molecule has 2 rings (SSSR count). The Kier molecular flexibility index (Phi) is 5.92. The van der Waals surface area contributed by atoms with Crippen molar-refractivity contribution in [3.8, 4) is 0 Å². The van der Waals surface area contributed by atoms with E-state index < -0.39 is 17.7 Å². The Bertz CT molecular complexity index is 649. The number of nitrogens with two attached hydrogens (primary N) is 1. The Hall–Kier alpha value is -2.41. The van der Waals surface area contributed by atoms with Crippen LogP contribution in [-0.2, 0) is 11.2 Å². The molecule has 0 aliphatic heterocycles. The quantitative estimate of drug-likeness (QED) is 0.842. The van der Waals surface area contributed by atoms with Crippen LogP contribution in [0.4, 0.5) is 4.79 Å². The van der Waals surface area contributed by atoms with E-state index in [1.807, 2.05) is 51.1 Å². The first-order chi connectivity index (χ1) is 11.3. The molecular formula is C17H24N4O3. The summed E-state index contributed by atoms with van der Waals surface area (Å²) in [6, 6.07) is 9.45. The Morgan fingerprint density at radius 1 is 1.33 bits per heavy atom. The molecule has 1 aromatic heterocycles. The molecule has 2 aromatic rings. The van der Waals surface area contributed by atoms with Gasteiger partial charge in [-0.1, -0.05) is 35.5 Å². The summed E-state index contributed by atoms with van der Waals surface area (Å²) in [7, 11) is 0. The van der Waals surface area contributed by atoms with Gasteiger partial charge in [0.25, 0.3) is 0 Å². The van der Waals surface area contributed by atoms with Crippen molar-refractivity contribution < 1.29 is 14.1 Å². The van der Waals surface area contributed by atoms with Gasteiger partial charge in [0.1, 0.15) is 5.60 Å². The van der Waals surface area contributed by atoms with Gasteiger partial charge in [-0.05, 0) is 32.8 Å². The highest BCUT2D eigenvalue weighted by Gasteiger charge is 2.18. The highest BCUT2D eigenvalue weighted by Crippen LogP contribution is 2.13. The fourth-order valence-electron chi connectivity index (χ4n) is 2.04. The van der Waals surface area contributed by atoms with Crippen LogP contribution in [0.2, 0.25) is 0 Å². The van der Waals surface area contributed by atoms with Crippen LogP contribution in [0.3, 0.4) is 0 Å². The minimum absolute atomic E-state index is 0.368. The van der Waals surface area contributed by atoms with Gasteiger partial charge in [-0.3, -0.25) is 0 Å². The van der Waals surface area contributed by atoms with Crippen molar-refractivity contribution in [2.75, 3.05) is 6.54 Å². The maximum atomic E-state index is 11.6. The zero-order chi connectivity index (χ0) is 17.6. The van der Waals surface area contributed by atoms with Gasteiger partial charge in [-0.25, -0.2) is 4.79 Å². The number of alkyl carbamates (subject to hydrolysis) is 1. The van der Waals surface area contributed by atoms with Gasteiger partial charge in [0.15, 0.2) is 5.82 Å². The van der Waals surface area contributed by atoms with Crippen molar-refractivity contribution in [3.05, 3.63) is 47.6 Å². The number of nitrogens with zero attached hydrogens (tertiary/aromatic N) is 2. The van der Waals surface area contributed by atoms with Crippen LogP contribution in [0.5, 0.6) is 0 Å². The summed E-state index contributed by atoms with van der Waals surface area (Å²) in [5.41, 5.74) is 6.61. The molecule has 0 saturated heterocycles. The minimum Gasteiger partial charge on any atom is -0.444 e. The maximum absolute atomic E-state index is 11.6. The fourth-order valence-corrected chi connectivity index (χ4v) is 2.04. The lowest BCUT2D eigenvalue weighted by Gasteiger charge is -2.19. The second kappa shape index (κ2) is 7.92. The number of carbonyl (C=O) groups is 1. The Morgan fingerprint density at radius 2 is 2.04 bits per heavy atom.